The third-order valence-electron chi connectivity index (χ3n) is 3.81. The van der Waals surface area contributed by atoms with E-state index in [0.29, 0.717) is 6.61 Å². The van der Waals surface area contributed by atoms with Crippen molar-refractivity contribution < 1.29 is 4.74 Å². The number of rotatable bonds is 4. The number of fused-ring (bicyclic) bond motifs is 1. The topological polar surface area (TPSA) is 39.9 Å². The summed E-state index contributed by atoms with van der Waals surface area (Å²) >= 11 is 0. The Bertz CT molecular complexity index is 661. The molecule has 0 unspecified atom stereocenters. The Morgan fingerprint density at radius 2 is 2.05 bits per heavy atom. The van der Waals surface area contributed by atoms with Gasteiger partial charge < -0.3 is 4.74 Å². The fourth-order valence-corrected chi connectivity index (χ4v) is 2.72. The molecule has 1 aliphatic carbocycles. The summed E-state index contributed by atoms with van der Waals surface area (Å²) in [5.41, 5.74) is 3.36. The van der Waals surface area contributed by atoms with E-state index in [2.05, 4.69) is 16.4 Å². The average molecular weight is 283 g/mol. The van der Waals surface area contributed by atoms with Crippen LogP contribution in [0.2, 0.25) is 0 Å². The molecule has 0 N–H and O–H groups in total. The van der Waals surface area contributed by atoms with Crippen molar-refractivity contribution in [3.63, 3.8) is 0 Å². The summed E-state index contributed by atoms with van der Waals surface area (Å²) in [5.74, 6) is 0.740. The van der Waals surface area contributed by atoms with E-state index in [-0.39, 0.29) is 0 Å². The summed E-state index contributed by atoms with van der Waals surface area (Å²) in [4.78, 5) is 0. The number of hydrogen-bond donors (Lipinski definition) is 0. The lowest BCUT2D eigenvalue weighted by Crippen LogP contribution is -2.03. The summed E-state index contributed by atoms with van der Waals surface area (Å²) in [6.07, 6.45) is 10.6. The zero-order chi connectivity index (χ0) is 14.5. The third kappa shape index (κ3) is 3.15. The molecule has 1 aromatic carbocycles. The number of benzene rings is 1. The van der Waals surface area contributed by atoms with Crippen LogP contribution in [-0.4, -0.2) is 21.6 Å². The van der Waals surface area contributed by atoms with Crippen molar-refractivity contribution in [2.75, 3.05) is 6.61 Å². The van der Waals surface area contributed by atoms with E-state index < -0.39 is 0 Å². The van der Waals surface area contributed by atoms with Gasteiger partial charge in [-0.05, 0) is 44.7 Å². The highest BCUT2D eigenvalue weighted by Gasteiger charge is 2.09. The van der Waals surface area contributed by atoms with Crippen molar-refractivity contribution in [2.24, 2.45) is 0 Å². The van der Waals surface area contributed by atoms with Crippen LogP contribution in [0.15, 0.2) is 42.0 Å². The minimum absolute atomic E-state index is 0.614. The molecule has 0 bridgehead atoms. The van der Waals surface area contributed by atoms with Crippen molar-refractivity contribution in [2.45, 2.75) is 39.0 Å². The van der Waals surface area contributed by atoms with Crippen LogP contribution in [0.4, 0.5) is 0 Å². The van der Waals surface area contributed by atoms with Gasteiger partial charge in [-0.2, -0.15) is 4.68 Å². The molecule has 1 saturated carbocycles. The lowest BCUT2D eigenvalue weighted by Gasteiger charge is -2.13. The SMILES string of the molecule is CCO/C(=C\C=C1CCCCC1)n1nnc2ccccc21. The molecule has 1 aliphatic rings. The molecule has 4 nitrogen and oxygen atoms in total. The van der Waals surface area contributed by atoms with Crippen LogP contribution >= 0.6 is 0 Å². The monoisotopic (exact) mass is 283 g/mol. The Hall–Kier alpha value is -2.10. The Morgan fingerprint density at radius 1 is 1.24 bits per heavy atom. The first-order valence-corrected chi connectivity index (χ1v) is 7.72. The van der Waals surface area contributed by atoms with E-state index in [9.17, 15) is 0 Å². The number of aromatic nitrogens is 3. The number of nitrogens with zero attached hydrogens (tertiary/aromatic N) is 3. The van der Waals surface area contributed by atoms with E-state index in [1.807, 2.05) is 37.3 Å². The van der Waals surface area contributed by atoms with Crippen LogP contribution in [0.25, 0.3) is 16.9 Å². The zero-order valence-electron chi connectivity index (χ0n) is 12.5. The van der Waals surface area contributed by atoms with Crippen molar-refractivity contribution in [1.82, 2.24) is 15.0 Å². The van der Waals surface area contributed by atoms with Crippen LogP contribution in [0.5, 0.6) is 0 Å². The first-order chi connectivity index (χ1) is 10.4. The molecule has 1 aromatic heterocycles. The van der Waals surface area contributed by atoms with E-state index in [4.69, 9.17) is 4.74 Å². The van der Waals surface area contributed by atoms with Crippen LogP contribution in [0.1, 0.15) is 39.0 Å². The molecule has 4 heteroatoms. The predicted molar refractivity (Wildman–Crippen MR) is 84.6 cm³/mol. The van der Waals surface area contributed by atoms with Crippen LogP contribution < -0.4 is 0 Å². The Labute approximate surface area is 125 Å². The summed E-state index contributed by atoms with van der Waals surface area (Å²) < 4.78 is 7.54. The second-order valence-electron chi connectivity index (χ2n) is 5.31. The highest BCUT2D eigenvalue weighted by atomic mass is 16.5. The minimum Gasteiger partial charge on any atom is -0.478 e. The van der Waals surface area contributed by atoms with Gasteiger partial charge in [0.25, 0.3) is 0 Å². The molecule has 0 amide bonds. The summed E-state index contributed by atoms with van der Waals surface area (Å²) in [6, 6.07) is 7.93. The molecule has 0 atom stereocenters. The molecule has 0 saturated heterocycles. The molecular weight excluding hydrogens is 262 g/mol. The highest BCUT2D eigenvalue weighted by molar-refractivity contribution is 5.77. The Morgan fingerprint density at radius 3 is 2.86 bits per heavy atom. The molecule has 0 spiro atoms. The molecule has 2 aromatic rings. The molecule has 1 fully saturated rings. The Balaban J connectivity index is 1.93. The average Bonchev–Trinajstić information content (AvgIpc) is 2.96. The summed E-state index contributed by atoms with van der Waals surface area (Å²) in [6.45, 7) is 2.60. The molecule has 3 rings (SSSR count). The van der Waals surface area contributed by atoms with Gasteiger partial charge in [-0.15, -0.1) is 5.10 Å². The number of hydrogen-bond acceptors (Lipinski definition) is 3. The molecule has 21 heavy (non-hydrogen) atoms. The van der Waals surface area contributed by atoms with Gasteiger partial charge in [-0.25, -0.2) is 0 Å². The van der Waals surface area contributed by atoms with E-state index >= 15 is 0 Å². The maximum Gasteiger partial charge on any atom is 0.216 e. The second kappa shape index (κ2) is 6.57. The van der Waals surface area contributed by atoms with Gasteiger partial charge in [0.1, 0.15) is 5.52 Å². The maximum absolute atomic E-state index is 5.76. The largest absolute Gasteiger partial charge is 0.478 e. The van der Waals surface area contributed by atoms with E-state index in [0.717, 1.165) is 16.9 Å². The lowest BCUT2D eigenvalue weighted by atomic mass is 9.95. The van der Waals surface area contributed by atoms with E-state index in [1.54, 1.807) is 4.68 Å². The minimum atomic E-state index is 0.614. The summed E-state index contributed by atoms with van der Waals surface area (Å²) in [7, 11) is 0. The fourth-order valence-electron chi connectivity index (χ4n) is 2.72. The van der Waals surface area contributed by atoms with Gasteiger partial charge in [0, 0.05) is 6.08 Å². The number of para-hydroxylation sites is 1. The van der Waals surface area contributed by atoms with Crippen LogP contribution in [0.3, 0.4) is 0 Å². The normalized spacial score (nSPS) is 16.2. The van der Waals surface area contributed by atoms with Gasteiger partial charge in [-0.1, -0.05) is 35.4 Å². The smallest absolute Gasteiger partial charge is 0.216 e. The van der Waals surface area contributed by atoms with Gasteiger partial charge in [0.15, 0.2) is 0 Å². The molecular formula is C17H21N3O. The fraction of sp³-hybridized carbons (Fsp3) is 0.412. The quantitative estimate of drug-likeness (QED) is 0.791. The maximum atomic E-state index is 5.76. The van der Waals surface area contributed by atoms with Crippen LogP contribution in [-0.2, 0) is 4.74 Å². The van der Waals surface area contributed by atoms with Crippen molar-refractivity contribution >= 4 is 16.9 Å². The Kier molecular flexibility index (Phi) is 4.34. The van der Waals surface area contributed by atoms with Crippen molar-refractivity contribution in [3.8, 4) is 0 Å². The molecule has 110 valence electrons. The number of ether oxygens (including phenoxy) is 1. The van der Waals surface area contributed by atoms with Gasteiger partial charge in [0.2, 0.25) is 5.88 Å². The summed E-state index contributed by atoms with van der Waals surface area (Å²) in [5, 5.41) is 8.41. The highest BCUT2D eigenvalue weighted by Crippen LogP contribution is 2.23. The molecule has 0 aliphatic heterocycles. The zero-order valence-corrected chi connectivity index (χ0v) is 12.5. The van der Waals surface area contributed by atoms with Gasteiger partial charge in [-0.3, -0.25) is 0 Å². The molecule has 0 radical (unpaired) electrons. The van der Waals surface area contributed by atoms with Crippen molar-refractivity contribution in [3.05, 3.63) is 42.0 Å². The van der Waals surface area contributed by atoms with Crippen molar-refractivity contribution in [1.29, 1.82) is 0 Å². The van der Waals surface area contributed by atoms with Crippen LogP contribution in [0, 0.1) is 0 Å². The third-order valence-corrected chi connectivity index (χ3v) is 3.81. The van der Waals surface area contributed by atoms with Gasteiger partial charge in [0.05, 0.1) is 12.1 Å². The van der Waals surface area contributed by atoms with Gasteiger partial charge >= 0.3 is 0 Å². The second-order valence-corrected chi connectivity index (χ2v) is 5.31. The first-order valence-electron chi connectivity index (χ1n) is 7.72. The molecule has 1 heterocycles. The lowest BCUT2D eigenvalue weighted by molar-refractivity contribution is 0.273. The predicted octanol–water partition coefficient (Wildman–Crippen LogP) is 4.16. The van der Waals surface area contributed by atoms with E-state index in [1.165, 1.54) is 37.7 Å². The standard InChI is InChI=1S/C17H21N3O/c1-2-21-17(13-12-14-8-4-3-5-9-14)20-16-11-7-6-10-15(16)18-19-20/h6-7,10-13H,2-5,8-9H2,1H3/b17-13-. The number of allylic oxidation sites excluding steroid dienone is 3. The first kappa shape index (κ1) is 13.9.